The summed E-state index contributed by atoms with van der Waals surface area (Å²) < 4.78 is 11.8. The monoisotopic (exact) mass is 489 g/mol. The van der Waals surface area contributed by atoms with Crippen molar-refractivity contribution >= 4 is 36.5 Å². The molecule has 0 saturated carbocycles. The molecule has 1 aromatic heterocycles. The molecule has 3 rings (SSSR count). The van der Waals surface area contributed by atoms with Gasteiger partial charge in [0, 0.05) is 23.3 Å². The van der Waals surface area contributed by atoms with Crippen LogP contribution in [-0.2, 0) is 10.8 Å². The third-order valence-corrected chi connectivity index (χ3v) is 11.1. The lowest BCUT2D eigenvalue weighted by atomic mass is 10.0. The van der Waals surface area contributed by atoms with Crippen LogP contribution in [-0.4, -0.2) is 32.9 Å². The minimum atomic E-state index is -1.89. The first-order chi connectivity index (χ1) is 16.5. The van der Waals surface area contributed by atoms with Crippen LogP contribution in [0.4, 0.5) is 11.4 Å². The molecule has 184 valence electrons. The zero-order valence-electron chi connectivity index (χ0n) is 21.7. The Bertz CT molecular complexity index is 1280. The van der Waals surface area contributed by atoms with E-state index in [1.54, 1.807) is 7.11 Å². The van der Waals surface area contributed by atoms with Crippen molar-refractivity contribution < 1.29 is 14.0 Å². The molecule has 1 heterocycles. The van der Waals surface area contributed by atoms with Crippen LogP contribution in [0.2, 0.25) is 18.1 Å². The summed E-state index contributed by atoms with van der Waals surface area (Å²) in [5, 5.41) is 4.21. The van der Waals surface area contributed by atoms with Gasteiger partial charge in [0.05, 0.1) is 36.0 Å². The molecular weight excluding hydrogens is 454 g/mol. The first kappa shape index (κ1) is 26.3. The van der Waals surface area contributed by atoms with Gasteiger partial charge in [0.2, 0.25) is 0 Å². The van der Waals surface area contributed by atoms with E-state index >= 15 is 0 Å². The summed E-state index contributed by atoms with van der Waals surface area (Å²) in [7, 11) is -0.291. The van der Waals surface area contributed by atoms with Crippen molar-refractivity contribution in [3.63, 3.8) is 0 Å². The zero-order valence-corrected chi connectivity index (χ0v) is 22.7. The van der Waals surface area contributed by atoms with Gasteiger partial charge in [0.1, 0.15) is 5.75 Å². The smallest absolute Gasteiger partial charge is 0.252 e. The van der Waals surface area contributed by atoms with Crippen molar-refractivity contribution in [2.45, 2.75) is 52.2 Å². The molecule has 0 aliphatic heterocycles. The summed E-state index contributed by atoms with van der Waals surface area (Å²) >= 11 is 0. The molecule has 0 spiro atoms. The Morgan fingerprint density at radius 3 is 2.43 bits per heavy atom. The lowest BCUT2D eigenvalue weighted by Crippen LogP contribution is -2.40. The van der Waals surface area contributed by atoms with Crippen LogP contribution in [0.25, 0.3) is 10.9 Å². The highest BCUT2D eigenvalue weighted by atomic mass is 28.4. The van der Waals surface area contributed by atoms with Gasteiger partial charge in [-0.3, -0.25) is 9.78 Å². The lowest BCUT2D eigenvalue weighted by Gasteiger charge is -2.35. The number of benzene rings is 2. The second kappa shape index (κ2) is 10.5. The summed E-state index contributed by atoms with van der Waals surface area (Å²) in [6, 6.07) is 11.8. The summed E-state index contributed by atoms with van der Waals surface area (Å²) in [6.07, 6.45) is 2.44. The highest BCUT2D eigenvalue weighted by Gasteiger charge is 2.36. The molecule has 0 radical (unpaired) electrons. The third-order valence-electron chi connectivity index (χ3n) is 6.62. The number of ether oxygens (including phenoxy) is 1. The number of hydrogen-bond acceptors (Lipinski definition) is 5. The minimum absolute atomic E-state index is 0.113. The zero-order chi connectivity index (χ0) is 25.8. The number of primary amides is 1. The largest absolute Gasteiger partial charge is 0.495 e. The number of rotatable bonds is 7. The van der Waals surface area contributed by atoms with Crippen LogP contribution < -0.4 is 15.8 Å². The Balaban J connectivity index is 2.04. The highest BCUT2D eigenvalue weighted by Crippen LogP contribution is 2.36. The molecule has 3 aromatic rings. The molecule has 1 amide bonds. The van der Waals surface area contributed by atoms with Crippen LogP contribution >= 0.6 is 0 Å². The molecule has 35 heavy (non-hydrogen) atoms. The average Bonchev–Trinajstić information content (AvgIpc) is 2.81. The Morgan fingerprint density at radius 1 is 1.17 bits per heavy atom. The number of amides is 1. The number of hydrogen-bond donors (Lipinski definition) is 2. The van der Waals surface area contributed by atoms with Gasteiger partial charge in [-0.1, -0.05) is 51.7 Å². The Morgan fingerprint density at radius 2 is 1.86 bits per heavy atom. The number of nitrogens with two attached hydrogens (primary N) is 1. The molecule has 0 aliphatic carbocycles. The molecular formula is C28H35N3O3Si. The second-order valence-corrected chi connectivity index (χ2v) is 14.8. The summed E-state index contributed by atoms with van der Waals surface area (Å²) in [5.74, 6) is 6.37. The predicted octanol–water partition coefficient (Wildman–Crippen LogP) is 6.02. The number of carbonyl (C=O) groups is 1. The van der Waals surface area contributed by atoms with Crippen LogP contribution in [0.15, 0.2) is 42.6 Å². The van der Waals surface area contributed by atoms with Crippen LogP contribution in [0, 0.1) is 11.8 Å². The maximum Gasteiger partial charge on any atom is 0.252 e. The van der Waals surface area contributed by atoms with Crippen LogP contribution in [0.5, 0.6) is 5.75 Å². The second-order valence-electron chi connectivity index (χ2n) is 10.0. The Kier molecular flexibility index (Phi) is 7.89. The van der Waals surface area contributed by atoms with Crippen molar-refractivity contribution in [1.29, 1.82) is 0 Å². The van der Waals surface area contributed by atoms with E-state index in [9.17, 15) is 4.79 Å². The summed E-state index contributed by atoms with van der Waals surface area (Å²) in [4.78, 5) is 16.7. The maximum atomic E-state index is 12.2. The number of pyridine rings is 1. The molecule has 7 heteroatoms. The number of nitrogens with zero attached hydrogens (tertiary/aromatic N) is 1. The van der Waals surface area contributed by atoms with E-state index in [0.717, 1.165) is 17.5 Å². The quantitative estimate of drug-likeness (QED) is 0.313. The Hall–Kier alpha value is -3.34. The van der Waals surface area contributed by atoms with Crippen molar-refractivity contribution in [3.8, 4) is 17.6 Å². The number of methoxy groups -OCH3 is 1. The molecule has 2 aromatic carbocycles. The fourth-order valence-electron chi connectivity index (χ4n) is 3.34. The number of carbonyl (C=O) groups excluding carboxylic acids is 1. The van der Waals surface area contributed by atoms with E-state index in [1.165, 1.54) is 11.8 Å². The molecule has 0 bridgehead atoms. The van der Waals surface area contributed by atoms with Crippen molar-refractivity contribution in [1.82, 2.24) is 4.98 Å². The lowest BCUT2D eigenvalue weighted by molar-refractivity contribution is 0.100. The highest BCUT2D eigenvalue weighted by molar-refractivity contribution is 6.74. The van der Waals surface area contributed by atoms with E-state index < -0.39 is 14.2 Å². The van der Waals surface area contributed by atoms with Crippen molar-refractivity contribution in [2.75, 3.05) is 19.0 Å². The van der Waals surface area contributed by atoms with E-state index in [2.05, 4.69) is 75.1 Å². The molecule has 0 atom stereocenters. The standard InChI is InChI=1S/C28H35N3O3Si/c1-8-19-11-13-21(14-12-19)31-26-22-16-20(10-9-15-34-35(6,7)28(2,3)4)25(33-5)17-24(22)30-18-23(26)27(29)32/h11-14,16-18H,8,15H2,1-7H3,(H2,29,32)(H,30,31). The van der Waals surface area contributed by atoms with Gasteiger partial charge >= 0.3 is 0 Å². The summed E-state index contributed by atoms with van der Waals surface area (Å²) in [5.41, 5.74) is 10.0. The van der Waals surface area contributed by atoms with Gasteiger partial charge in [-0.15, -0.1) is 0 Å². The minimum Gasteiger partial charge on any atom is -0.495 e. The van der Waals surface area contributed by atoms with Gasteiger partial charge in [-0.2, -0.15) is 0 Å². The molecule has 6 nitrogen and oxygen atoms in total. The van der Waals surface area contributed by atoms with Gasteiger partial charge in [0.25, 0.3) is 5.91 Å². The Labute approximate surface area is 209 Å². The predicted molar refractivity (Wildman–Crippen MR) is 146 cm³/mol. The molecule has 0 aliphatic rings. The number of fused-ring (bicyclic) bond motifs is 1. The van der Waals surface area contributed by atoms with Gasteiger partial charge in [-0.25, -0.2) is 0 Å². The van der Waals surface area contributed by atoms with E-state index in [1.807, 2.05) is 24.3 Å². The topological polar surface area (TPSA) is 86.5 Å². The van der Waals surface area contributed by atoms with E-state index in [4.69, 9.17) is 14.9 Å². The molecule has 0 saturated heterocycles. The average molecular weight is 490 g/mol. The number of anilines is 2. The first-order valence-electron chi connectivity index (χ1n) is 11.8. The van der Waals surface area contributed by atoms with Gasteiger partial charge < -0.3 is 20.2 Å². The van der Waals surface area contributed by atoms with Crippen molar-refractivity contribution in [2.24, 2.45) is 5.73 Å². The van der Waals surface area contributed by atoms with Gasteiger partial charge in [0.15, 0.2) is 8.32 Å². The van der Waals surface area contributed by atoms with Gasteiger partial charge in [-0.05, 0) is 48.3 Å². The molecule has 0 fully saturated rings. The SMILES string of the molecule is CCc1ccc(Nc2c(C(N)=O)cnc3cc(OC)c(C#CCO[Si](C)(C)C(C)(C)C)cc23)cc1. The van der Waals surface area contributed by atoms with E-state index in [0.29, 0.717) is 34.7 Å². The number of aryl methyl sites for hydroxylation is 1. The van der Waals surface area contributed by atoms with Crippen LogP contribution in [0.3, 0.4) is 0 Å². The normalized spacial score (nSPS) is 11.6. The fourth-order valence-corrected chi connectivity index (χ4v) is 4.21. The fraction of sp³-hybridized carbons (Fsp3) is 0.357. The number of aromatic nitrogens is 1. The number of nitrogens with one attached hydrogen (secondary N) is 1. The van der Waals surface area contributed by atoms with Crippen LogP contribution in [0.1, 0.15) is 49.2 Å². The molecule has 3 N–H and O–H groups in total. The van der Waals surface area contributed by atoms with Crippen molar-refractivity contribution in [3.05, 3.63) is 59.3 Å². The first-order valence-corrected chi connectivity index (χ1v) is 14.7. The maximum absolute atomic E-state index is 12.2. The van der Waals surface area contributed by atoms with E-state index in [-0.39, 0.29) is 5.04 Å². The molecule has 0 unspecified atom stereocenters. The summed E-state index contributed by atoms with van der Waals surface area (Å²) in [6.45, 7) is 13.5. The third kappa shape index (κ3) is 6.02.